The van der Waals surface area contributed by atoms with Crippen LogP contribution in [0.1, 0.15) is 58.3 Å². The number of rotatable bonds is 3. The first-order chi connectivity index (χ1) is 15.8. The first-order valence-corrected chi connectivity index (χ1v) is 13.5. The van der Waals surface area contributed by atoms with E-state index in [-0.39, 0.29) is 22.1 Å². The molecule has 3 heterocycles. The number of hydrogen-bond donors (Lipinski definition) is 0. The van der Waals surface area contributed by atoms with Crippen LogP contribution in [0.3, 0.4) is 0 Å². The van der Waals surface area contributed by atoms with E-state index >= 15 is 4.39 Å². The average molecular weight is 540 g/mol. The molecule has 0 N–H and O–H groups in total. The molecule has 1 atom stereocenters. The molecule has 2 saturated heterocycles. The summed E-state index contributed by atoms with van der Waals surface area (Å²) in [6.07, 6.45) is 9.54. The van der Waals surface area contributed by atoms with Gasteiger partial charge in [0, 0.05) is 31.6 Å². The standard InChI is InChI=1S/C25H33BrClFN4O/c1-16-4-3-7-25(15-16)8-12-32(13-9-25)23-18-14-19(27)20(26)21(28)22(18)29-24(30-23)33-17-5-10-31(2)11-6-17/h14,16-17H,3-13,15H2,1-2H3. The van der Waals surface area contributed by atoms with Gasteiger partial charge in [0.1, 0.15) is 17.4 Å². The van der Waals surface area contributed by atoms with Crippen molar-refractivity contribution in [3.63, 3.8) is 0 Å². The largest absolute Gasteiger partial charge is 0.460 e. The van der Waals surface area contributed by atoms with Crippen LogP contribution in [0, 0.1) is 17.2 Å². The van der Waals surface area contributed by atoms with Crippen molar-refractivity contribution < 1.29 is 9.13 Å². The third kappa shape index (κ3) is 4.83. The number of piperidine rings is 2. The Balaban J connectivity index is 1.46. The quantitative estimate of drug-likeness (QED) is 0.419. The van der Waals surface area contributed by atoms with Crippen LogP contribution in [-0.2, 0) is 0 Å². The van der Waals surface area contributed by atoms with E-state index in [9.17, 15) is 0 Å². The molecular formula is C25H33BrClFN4O. The highest BCUT2D eigenvalue weighted by Gasteiger charge is 2.38. The number of likely N-dealkylation sites (tertiary alicyclic amines) is 1. The second-order valence-corrected chi connectivity index (χ2v) is 11.7. The molecule has 2 aromatic rings. The van der Waals surface area contributed by atoms with Gasteiger partial charge in [-0.2, -0.15) is 9.97 Å². The van der Waals surface area contributed by atoms with Gasteiger partial charge in [-0.3, -0.25) is 0 Å². The van der Waals surface area contributed by atoms with Gasteiger partial charge in [0.2, 0.25) is 0 Å². The molecule has 1 aromatic heterocycles. The summed E-state index contributed by atoms with van der Waals surface area (Å²) in [6, 6.07) is 2.05. The first kappa shape index (κ1) is 23.6. The van der Waals surface area contributed by atoms with Gasteiger partial charge in [0.15, 0.2) is 5.82 Å². The average Bonchev–Trinajstić information content (AvgIpc) is 2.80. The van der Waals surface area contributed by atoms with Gasteiger partial charge in [-0.15, -0.1) is 0 Å². The summed E-state index contributed by atoms with van der Waals surface area (Å²) in [5.74, 6) is 1.10. The van der Waals surface area contributed by atoms with E-state index < -0.39 is 5.82 Å². The van der Waals surface area contributed by atoms with Crippen LogP contribution in [0.25, 0.3) is 10.9 Å². The Morgan fingerprint density at radius 3 is 2.55 bits per heavy atom. The SMILES string of the molecule is CC1CCCC2(CCN(c3nc(OC4CCN(C)CC4)nc4c(F)c(Br)c(Cl)cc34)CC2)C1. The third-order valence-electron chi connectivity index (χ3n) is 8.03. The number of fused-ring (bicyclic) bond motifs is 1. The van der Waals surface area contributed by atoms with Crippen molar-refractivity contribution in [2.45, 2.75) is 64.4 Å². The highest BCUT2D eigenvalue weighted by atomic mass is 79.9. The van der Waals surface area contributed by atoms with Crippen molar-refractivity contribution in [3.8, 4) is 6.01 Å². The van der Waals surface area contributed by atoms with E-state index in [4.69, 9.17) is 21.3 Å². The van der Waals surface area contributed by atoms with E-state index in [0.29, 0.717) is 15.8 Å². The Morgan fingerprint density at radius 1 is 1.12 bits per heavy atom. The molecule has 5 rings (SSSR count). The molecule has 33 heavy (non-hydrogen) atoms. The van der Waals surface area contributed by atoms with E-state index in [1.54, 1.807) is 6.07 Å². The summed E-state index contributed by atoms with van der Waals surface area (Å²) in [6.45, 7) is 6.19. The molecule has 1 unspecified atom stereocenters. The molecule has 1 saturated carbocycles. The molecule has 1 spiro atoms. The van der Waals surface area contributed by atoms with Gasteiger partial charge >= 0.3 is 6.01 Å². The van der Waals surface area contributed by atoms with Crippen LogP contribution in [-0.4, -0.2) is 54.2 Å². The highest BCUT2D eigenvalue weighted by Crippen LogP contribution is 2.47. The molecule has 1 aromatic carbocycles. The summed E-state index contributed by atoms with van der Waals surface area (Å²) < 4.78 is 21.7. The maximum absolute atomic E-state index is 15.2. The van der Waals surface area contributed by atoms with Crippen molar-refractivity contribution in [1.82, 2.24) is 14.9 Å². The van der Waals surface area contributed by atoms with Gasteiger partial charge in [0.05, 0.1) is 9.50 Å². The van der Waals surface area contributed by atoms with Gasteiger partial charge in [0.25, 0.3) is 0 Å². The van der Waals surface area contributed by atoms with E-state index in [2.05, 4.69) is 44.7 Å². The minimum Gasteiger partial charge on any atom is -0.460 e. The zero-order valence-electron chi connectivity index (χ0n) is 19.5. The lowest BCUT2D eigenvalue weighted by atomic mass is 9.65. The van der Waals surface area contributed by atoms with Crippen molar-refractivity contribution in [2.75, 3.05) is 38.1 Å². The lowest BCUT2D eigenvalue weighted by molar-refractivity contribution is 0.104. The van der Waals surface area contributed by atoms with Crippen LogP contribution < -0.4 is 9.64 Å². The number of benzene rings is 1. The van der Waals surface area contributed by atoms with Crippen LogP contribution in [0.5, 0.6) is 6.01 Å². The van der Waals surface area contributed by atoms with Crippen molar-refractivity contribution in [2.24, 2.45) is 11.3 Å². The lowest BCUT2D eigenvalue weighted by Gasteiger charge is -2.46. The van der Waals surface area contributed by atoms with E-state index in [0.717, 1.165) is 63.6 Å². The number of nitrogens with zero attached hydrogens (tertiary/aromatic N) is 4. The Bertz CT molecular complexity index is 1020. The Morgan fingerprint density at radius 2 is 1.85 bits per heavy atom. The maximum Gasteiger partial charge on any atom is 0.319 e. The Hall–Kier alpha value is -1.18. The normalized spacial score (nSPS) is 24.5. The zero-order valence-corrected chi connectivity index (χ0v) is 21.9. The Labute approximate surface area is 209 Å². The van der Waals surface area contributed by atoms with Crippen LogP contribution in [0.15, 0.2) is 10.5 Å². The third-order valence-corrected chi connectivity index (χ3v) is 9.33. The predicted molar refractivity (Wildman–Crippen MR) is 135 cm³/mol. The van der Waals surface area contributed by atoms with Crippen molar-refractivity contribution in [1.29, 1.82) is 0 Å². The molecule has 8 heteroatoms. The lowest BCUT2D eigenvalue weighted by Crippen LogP contribution is -2.42. The van der Waals surface area contributed by atoms with Crippen LogP contribution in [0.4, 0.5) is 10.2 Å². The monoisotopic (exact) mass is 538 g/mol. The molecule has 0 amide bonds. The molecule has 0 radical (unpaired) electrons. The number of anilines is 1. The van der Waals surface area contributed by atoms with Crippen molar-refractivity contribution >= 4 is 44.3 Å². The number of ether oxygens (including phenoxy) is 1. The fourth-order valence-electron chi connectivity index (χ4n) is 6.10. The van der Waals surface area contributed by atoms with E-state index in [1.165, 1.54) is 25.7 Å². The second kappa shape index (κ2) is 9.46. The Kier molecular flexibility index (Phi) is 6.75. The molecule has 1 aliphatic carbocycles. The van der Waals surface area contributed by atoms with E-state index in [1.807, 2.05) is 0 Å². The number of halogens is 3. The number of hydrogen-bond acceptors (Lipinski definition) is 5. The fourth-order valence-corrected chi connectivity index (χ4v) is 6.59. The minimum absolute atomic E-state index is 0.0543. The summed E-state index contributed by atoms with van der Waals surface area (Å²) in [7, 11) is 2.12. The molecule has 3 aliphatic rings. The zero-order chi connectivity index (χ0) is 23.2. The maximum atomic E-state index is 15.2. The highest BCUT2D eigenvalue weighted by molar-refractivity contribution is 9.10. The van der Waals surface area contributed by atoms with Crippen LogP contribution in [0.2, 0.25) is 5.02 Å². The molecule has 5 nitrogen and oxygen atoms in total. The number of aromatic nitrogens is 2. The molecule has 0 bridgehead atoms. The topological polar surface area (TPSA) is 41.5 Å². The molecular weight excluding hydrogens is 507 g/mol. The minimum atomic E-state index is -0.455. The summed E-state index contributed by atoms with van der Waals surface area (Å²) in [4.78, 5) is 13.9. The summed E-state index contributed by atoms with van der Waals surface area (Å²) in [5.41, 5.74) is 0.724. The molecule has 2 aliphatic heterocycles. The van der Waals surface area contributed by atoms with Crippen molar-refractivity contribution in [3.05, 3.63) is 21.4 Å². The summed E-state index contributed by atoms with van der Waals surface area (Å²) in [5, 5.41) is 0.993. The van der Waals surface area contributed by atoms with Gasteiger partial charge < -0.3 is 14.5 Å². The fraction of sp³-hybridized carbons (Fsp3) is 0.680. The molecule has 180 valence electrons. The first-order valence-electron chi connectivity index (χ1n) is 12.3. The van der Waals surface area contributed by atoms with Gasteiger partial charge in [-0.05, 0) is 78.9 Å². The smallest absolute Gasteiger partial charge is 0.319 e. The summed E-state index contributed by atoms with van der Waals surface area (Å²) >= 11 is 9.63. The van der Waals surface area contributed by atoms with Gasteiger partial charge in [-0.1, -0.05) is 31.4 Å². The second-order valence-electron chi connectivity index (χ2n) is 10.5. The molecule has 3 fully saturated rings. The van der Waals surface area contributed by atoms with Gasteiger partial charge in [-0.25, -0.2) is 4.39 Å². The van der Waals surface area contributed by atoms with Crippen LogP contribution >= 0.6 is 27.5 Å². The predicted octanol–water partition coefficient (Wildman–Crippen LogP) is 6.45.